The molecule has 2 aromatic rings. The molecule has 1 aliphatic carbocycles. The van der Waals surface area contributed by atoms with E-state index in [0.29, 0.717) is 16.5 Å². The van der Waals surface area contributed by atoms with Crippen molar-refractivity contribution in [3.05, 3.63) is 45.6 Å². The van der Waals surface area contributed by atoms with Crippen LogP contribution in [-0.2, 0) is 32.4 Å². The van der Waals surface area contributed by atoms with Crippen molar-refractivity contribution in [1.82, 2.24) is 0 Å². The number of hydrogen-bond acceptors (Lipinski definition) is 6. The van der Waals surface area contributed by atoms with Crippen LogP contribution in [0.15, 0.2) is 35.2 Å². The van der Waals surface area contributed by atoms with Crippen LogP contribution in [0.5, 0.6) is 0 Å². The first-order chi connectivity index (χ1) is 13.1. The topological polar surface area (TPSA) is 116 Å². The van der Waals surface area contributed by atoms with Crippen LogP contribution in [0, 0.1) is 5.92 Å². The third-order valence-electron chi connectivity index (χ3n) is 4.63. The van der Waals surface area contributed by atoms with Crippen LogP contribution in [0.4, 0.5) is 5.69 Å². The van der Waals surface area contributed by atoms with Gasteiger partial charge >= 0.3 is 5.97 Å². The summed E-state index contributed by atoms with van der Waals surface area (Å²) in [6, 6.07) is 7.29. The van der Waals surface area contributed by atoms with Gasteiger partial charge in [-0.25, -0.2) is 18.4 Å². The summed E-state index contributed by atoms with van der Waals surface area (Å²) in [5.74, 6) is -0.415. The van der Waals surface area contributed by atoms with Gasteiger partial charge in [0, 0.05) is 10.6 Å². The van der Waals surface area contributed by atoms with E-state index in [4.69, 9.17) is 9.88 Å². The average Bonchev–Trinajstić information content (AvgIpc) is 3.04. The number of primary sulfonamides is 1. The minimum atomic E-state index is -3.80. The van der Waals surface area contributed by atoms with E-state index in [0.717, 1.165) is 19.3 Å². The number of hydrogen-bond donors (Lipinski definition) is 2. The van der Waals surface area contributed by atoms with Crippen molar-refractivity contribution in [2.75, 3.05) is 5.32 Å². The molecule has 1 heterocycles. The van der Waals surface area contributed by atoms with Crippen LogP contribution in [-0.4, -0.2) is 26.4 Å². The molecule has 7 nitrogen and oxygen atoms in total. The molecule has 0 unspecified atom stereocenters. The van der Waals surface area contributed by atoms with E-state index in [-0.39, 0.29) is 4.90 Å². The minimum absolute atomic E-state index is 0.0547. The number of ether oxygens (including phenoxy) is 1. The lowest BCUT2D eigenvalue weighted by Crippen LogP contribution is -2.29. The number of fused-ring (bicyclic) bond motifs is 1. The summed E-state index contributed by atoms with van der Waals surface area (Å²) in [5.41, 5.74) is 1.57. The van der Waals surface area contributed by atoms with Crippen molar-refractivity contribution >= 4 is 38.9 Å². The molecule has 0 spiro atoms. The molecule has 0 saturated heterocycles. The number of nitrogens with two attached hydrogens (primary N) is 1. The predicted molar refractivity (Wildman–Crippen MR) is 107 cm³/mol. The van der Waals surface area contributed by atoms with Crippen molar-refractivity contribution < 1.29 is 22.7 Å². The van der Waals surface area contributed by atoms with Crippen molar-refractivity contribution in [2.45, 2.75) is 44.1 Å². The largest absolute Gasteiger partial charge is 0.448 e. The number of carbonyl (C=O) groups excluding carboxylic acids is 2. The number of carbonyl (C=O) groups is 2. The number of thiophene rings is 1. The second-order valence-electron chi connectivity index (χ2n) is 7.01. The first-order valence-electron chi connectivity index (χ1n) is 8.90. The number of esters is 1. The Balaban J connectivity index is 1.60. The summed E-state index contributed by atoms with van der Waals surface area (Å²) in [4.78, 5) is 26.3. The van der Waals surface area contributed by atoms with Crippen LogP contribution in [0.2, 0.25) is 0 Å². The van der Waals surface area contributed by atoms with Gasteiger partial charge in [0.05, 0.1) is 4.90 Å². The van der Waals surface area contributed by atoms with E-state index < -0.39 is 28.0 Å². The average molecular weight is 423 g/mol. The van der Waals surface area contributed by atoms with Crippen LogP contribution in [0.1, 0.15) is 40.4 Å². The maximum atomic E-state index is 12.4. The molecule has 1 amide bonds. The predicted octanol–water partition coefficient (Wildman–Crippen LogP) is 2.70. The fraction of sp³-hybridized carbons (Fsp3) is 0.368. The van der Waals surface area contributed by atoms with Crippen LogP contribution in [0.25, 0.3) is 0 Å². The second kappa shape index (κ2) is 8.02. The SMILES string of the molecule is C[C@H]1CCc2sc(C(=O)O[C@H](C)C(=O)Nc3ccc(S(N)(=O)=O)cc3)cc2C1. The molecule has 150 valence electrons. The second-order valence-corrected chi connectivity index (χ2v) is 9.71. The Morgan fingerprint density at radius 3 is 2.61 bits per heavy atom. The highest BCUT2D eigenvalue weighted by Crippen LogP contribution is 2.32. The molecule has 28 heavy (non-hydrogen) atoms. The summed E-state index contributed by atoms with van der Waals surface area (Å²) in [7, 11) is -3.80. The molecule has 0 saturated carbocycles. The van der Waals surface area contributed by atoms with Crippen LogP contribution < -0.4 is 10.5 Å². The number of aryl methyl sites for hydroxylation is 1. The fourth-order valence-corrected chi connectivity index (χ4v) is 4.66. The zero-order chi connectivity index (χ0) is 20.5. The molecular formula is C19H22N2O5S2. The highest BCUT2D eigenvalue weighted by Gasteiger charge is 2.24. The zero-order valence-corrected chi connectivity index (χ0v) is 17.2. The maximum Gasteiger partial charge on any atom is 0.349 e. The van der Waals surface area contributed by atoms with Gasteiger partial charge in [-0.1, -0.05) is 6.92 Å². The standard InChI is InChI=1S/C19H22N2O5S2/c1-11-3-8-16-13(9-11)10-17(27-16)19(23)26-12(2)18(22)21-14-4-6-15(7-5-14)28(20,24)25/h4-7,10-12H,3,8-9H2,1-2H3,(H,21,22)(H2,20,24,25)/t11-,12+/m0/s1. The lowest BCUT2D eigenvalue weighted by molar-refractivity contribution is -0.123. The summed E-state index contributed by atoms with van der Waals surface area (Å²) in [5, 5.41) is 7.62. The summed E-state index contributed by atoms with van der Waals surface area (Å²) in [6.07, 6.45) is 2.05. The first kappa shape index (κ1) is 20.5. The van der Waals surface area contributed by atoms with E-state index in [1.54, 1.807) is 0 Å². The summed E-state index contributed by atoms with van der Waals surface area (Å²) >= 11 is 1.43. The fourth-order valence-electron chi connectivity index (χ4n) is 3.05. The van der Waals surface area contributed by atoms with E-state index in [1.807, 2.05) is 6.07 Å². The normalized spacial score (nSPS) is 17.5. The van der Waals surface area contributed by atoms with Crippen molar-refractivity contribution in [1.29, 1.82) is 0 Å². The van der Waals surface area contributed by atoms with E-state index in [1.165, 1.54) is 53.0 Å². The molecule has 3 rings (SSSR count). The molecule has 0 aliphatic heterocycles. The van der Waals surface area contributed by atoms with Crippen molar-refractivity contribution in [3.8, 4) is 0 Å². The molecule has 1 aromatic heterocycles. The van der Waals surface area contributed by atoms with Crippen LogP contribution in [0.3, 0.4) is 0 Å². The molecule has 0 radical (unpaired) electrons. The molecule has 0 fully saturated rings. The van der Waals surface area contributed by atoms with Gasteiger partial charge in [0.15, 0.2) is 6.10 Å². The smallest absolute Gasteiger partial charge is 0.349 e. The lowest BCUT2D eigenvalue weighted by atomic mass is 9.90. The highest BCUT2D eigenvalue weighted by atomic mass is 32.2. The number of rotatable bonds is 5. The van der Waals surface area contributed by atoms with Gasteiger partial charge in [-0.15, -0.1) is 11.3 Å². The number of nitrogens with one attached hydrogen (secondary N) is 1. The Morgan fingerprint density at radius 1 is 1.29 bits per heavy atom. The Morgan fingerprint density at radius 2 is 1.96 bits per heavy atom. The van der Waals surface area contributed by atoms with Gasteiger partial charge < -0.3 is 10.1 Å². The monoisotopic (exact) mass is 422 g/mol. The Hall–Kier alpha value is -2.23. The van der Waals surface area contributed by atoms with Crippen molar-refractivity contribution in [2.24, 2.45) is 11.1 Å². The highest BCUT2D eigenvalue weighted by molar-refractivity contribution is 7.89. The van der Waals surface area contributed by atoms with Gasteiger partial charge in [0.2, 0.25) is 10.0 Å². The van der Waals surface area contributed by atoms with Gasteiger partial charge in [0.1, 0.15) is 4.88 Å². The van der Waals surface area contributed by atoms with E-state index >= 15 is 0 Å². The van der Waals surface area contributed by atoms with E-state index in [9.17, 15) is 18.0 Å². The number of sulfonamides is 1. The zero-order valence-electron chi connectivity index (χ0n) is 15.6. The van der Waals surface area contributed by atoms with Gasteiger partial charge in [-0.05, 0) is 68.0 Å². The summed E-state index contributed by atoms with van der Waals surface area (Å²) in [6.45, 7) is 3.68. The minimum Gasteiger partial charge on any atom is -0.448 e. The van der Waals surface area contributed by atoms with Gasteiger partial charge in [-0.2, -0.15) is 0 Å². The first-order valence-corrected chi connectivity index (χ1v) is 11.3. The Labute approximate surface area is 167 Å². The third kappa shape index (κ3) is 4.78. The summed E-state index contributed by atoms with van der Waals surface area (Å²) < 4.78 is 27.8. The molecule has 2 atom stereocenters. The number of anilines is 1. The van der Waals surface area contributed by atoms with Gasteiger partial charge in [0.25, 0.3) is 5.91 Å². The lowest BCUT2D eigenvalue weighted by Gasteiger charge is -2.16. The Bertz CT molecular complexity index is 996. The molecular weight excluding hydrogens is 400 g/mol. The van der Waals surface area contributed by atoms with Crippen LogP contribution >= 0.6 is 11.3 Å². The molecule has 1 aliphatic rings. The Kier molecular flexibility index (Phi) is 5.87. The van der Waals surface area contributed by atoms with Crippen molar-refractivity contribution in [3.63, 3.8) is 0 Å². The molecule has 9 heteroatoms. The quantitative estimate of drug-likeness (QED) is 0.719. The maximum absolute atomic E-state index is 12.4. The third-order valence-corrected chi connectivity index (χ3v) is 6.78. The number of benzene rings is 1. The molecule has 1 aromatic carbocycles. The molecule has 0 bridgehead atoms. The molecule has 3 N–H and O–H groups in total. The van der Waals surface area contributed by atoms with Gasteiger partial charge in [-0.3, -0.25) is 4.79 Å². The number of amides is 1. The van der Waals surface area contributed by atoms with E-state index in [2.05, 4.69) is 12.2 Å².